The van der Waals surface area contributed by atoms with Gasteiger partial charge in [0, 0.05) is 11.9 Å². The van der Waals surface area contributed by atoms with E-state index in [1.807, 2.05) is 0 Å². The maximum absolute atomic E-state index is 13.1. The van der Waals surface area contributed by atoms with E-state index in [2.05, 4.69) is 15.3 Å². The highest BCUT2D eigenvalue weighted by Crippen LogP contribution is 2.37. The summed E-state index contributed by atoms with van der Waals surface area (Å²) in [5.74, 6) is 0.326. The third-order valence-corrected chi connectivity index (χ3v) is 3.21. The van der Waals surface area contributed by atoms with Crippen LogP contribution in [-0.2, 0) is 6.18 Å². The lowest BCUT2D eigenvalue weighted by Crippen LogP contribution is -2.10. The molecule has 0 aliphatic rings. The van der Waals surface area contributed by atoms with Gasteiger partial charge in [0.15, 0.2) is 0 Å². The molecule has 3 rings (SSSR count). The second-order valence-electron chi connectivity index (χ2n) is 4.88. The number of aryl methyl sites for hydroxylation is 1. The molecular weight excluding hydrogens is 307 g/mol. The molecule has 0 bridgehead atoms. The normalized spacial score (nSPS) is 11.5. The fourth-order valence-corrected chi connectivity index (χ4v) is 2.17. The molecule has 0 amide bonds. The van der Waals surface area contributed by atoms with Gasteiger partial charge in [0.05, 0.1) is 28.7 Å². The van der Waals surface area contributed by atoms with Crippen LogP contribution < -0.4 is 5.32 Å². The van der Waals surface area contributed by atoms with E-state index in [0.29, 0.717) is 22.8 Å². The van der Waals surface area contributed by atoms with Crippen molar-refractivity contribution in [2.24, 2.45) is 0 Å². The molecule has 2 heterocycles. The van der Waals surface area contributed by atoms with Crippen LogP contribution in [0.1, 0.15) is 11.3 Å². The van der Waals surface area contributed by atoms with Crippen LogP contribution in [0, 0.1) is 6.92 Å². The smallest absolute Gasteiger partial charge is 0.419 e. The monoisotopic (exact) mass is 319 g/mol. The molecule has 23 heavy (non-hydrogen) atoms. The van der Waals surface area contributed by atoms with Gasteiger partial charge in [-0.15, -0.1) is 0 Å². The molecule has 7 heteroatoms. The summed E-state index contributed by atoms with van der Waals surface area (Å²) in [5, 5.41) is 2.82. The molecular formula is C16H12F3N3O. The molecule has 0 saturated heterocycles. The number of pyridine rings is 1. The summed E-state index contributed by atoms with van der Waals surface area (Å²) in [4.78, 5) is 7.77. The second-order valence-corrected chi connectivity index (χ2v) is 4.88. The highest BCUT2D eigenvalue weighted by Gasteiger charge is 2.34. The van der Waals surface area contributed by atoms with Crippen molar-refractivity contribution in [3.8, 4) is 11.5 Å². The SMILES string of the molecule is Cc1cc(Nc2ccccc2-c2ncco2)c(C(F)(F)F)cn1. The molecule has 4 nitrogen and oxygen atoms in total. The summed E-state index contributed by atoms with van der Waals surface area (Å²) in [6.07, 6.45) is -0.792. The van der Waals surface area contributed by atoms with Crippen LogP contribution in [0.3, 0.4) is 0 Å². The lowest BCUT2D eigenvalue weighted by Gasteiger charge is -2.16. The Kier molecular flexibility index (Phi) is 3.77. The first kappa shape index (κ1) is 15.1. The lowest BCUT2D eigenvalue weighted by molar-refractivity contribution is -0.137. The van der Waals surface area contributed by atoms with Gasteiger partial charge in [0.25, 0.3) is 0 Å². The summed E-state index contributed by atoms with van der Waals surface area (Å²) in [6.45, 7) is 1.63. The van der Waals surface area contributed by atoms with Crippen LogP contribution in [0.2, 0.25) is 0 Å². The molecule has 0 saturated carbocycles. The van der Waals surface area contributed by atoms with Crippen molar-refractivity contribution >= 4 is 11.4 Å². The van der Waals surface area contributed by atoms with E-state index in [4.69, 9.17) is 4.42 Å². The number of benzene rings is 1. The Hall–Kier alpha value is -2.83. The standard InChI is InChI=1S/C16H12F3N3O/c1-10-8-14(12(9-21-10)16(17,18)19)22-13-5-3-2-4-11(13)15-20-6-7-23-15/h2-9H,1H3,(H,21,22). The molecule has 118 valence electrons. The van der Waals surface area contributed by atoms with Crippen LogP contribution in [0.15, 0.2) is 53.4 Å². The number of oxazole rings is 1. The van der Waals surface area contributed by atoms with Crippen LogP contribution in [0.4, 0.5) is 24.5 Å². The average molecular weight is 319 g/mol. The number of nitrogens with zero attached hydrogens (tertiary/aromatic N) is 2. The van der Waals surface area contributed by atoms with Crippen molar-refractivity contribution in [3.05, 3.63) is 60.2 Å². The van der Waals surface area contributed by atoms with E-state index >= 15 is 0 Å². The molecule has 0 atom stereocenters. The molecule has 0 radical (unpaired) electrons. The zero-order chi connectivity index (χ0) is 16.4. The van der Waals surface area contributed by atoms with Crippen LogP contribution in [-0.4, -0.2) is 9.97 Å². The summed E-state index contributed by atoms with van der Waals surface area (Å²) in [7, 11) is 0. The van der Waals surface area contributed by atoms with Gasteiger partial charge in [0.2, 0.25) is 5.89 Å². The van der Waals surface area contributed by atoms with E-state index in [-0.39, 0.29) is 5.69 Å². The molecule has 0 unspecified atom stereocenters. The van der Waals surface area contributed by atoms with Crippen molar-refractivity contribution in [2.75, 3.05) is 5.32 Å². The van der Waals surface area contributed by atoms with Crippen molar-refractivity contribution in [2.45, 2.75) is 13.1 Å². The Morgan fingerprint density at radius 2 is 1.87 bits per heavy atom. The van der Waals surface area contributed by atoms with Gasteiger partial charge in [-0.1, -0.05) is 12.1 Å². The number of anilines is 2. The third kappa shape index (κ3) is 3.18. The van der Waals surface area contributed by atoms with Crippen molar-refractivity contribution in [1.82, 2.24) is 9.97 Å². The fraction of sp³-hybridized carbons (Fsp3) is 0.125. The molecule has 2 aromatic heterocycles. The molecule has 0 fully saturated rings. The summed E-state index contributed by atoms with van der Waals surface area (Å²) in [6, 6.07) is 8.21. The molecule has 0 aliphatic carbocycles. The number of para-hydroxylation sites is 1. The quantitative estimate of drug-likeness (QED) is 0.753. The number of rotatable bonds is 3. The number of hydrogen-bond donors (Lipinski definition) is 1. The third-order valence-electron chi connectivity index (χ3n) is 3.21. The van der Waals surface area contributed by atoms with Crippen molar-refractivity contribution in [1.29, 1.82) is 0 Å². The van der Waals surface area contributed by atoms with Crippen molar-refractivity contribution < 1.29 is 17.6 Å². The van der Waals surface area contributed by atoms with Gasteiger partial charge in [-0.05, 0) is 25.1 Å². The molecule has 1 N–H and O–H groups in total. The number of hydrogen-bond acceptors (Lipinski definition) is 4. The van der Waals surface area contributed by atoms with Gasteiger partial charge in [-0.25, -0.2) is 4.98 Å². The van der Waals surface area contributed by atoms with Gasteiger partial charge in [-0.2, -0.15) is 13.2 Å². The van der Waals surface area contributed by atoms with Crippen LogP contribution >= 0.6 is 0 Å². The highest BCUT2D eigenvalue weighted by molar-refractivity contribution is 5.77. The first-order valence-electron chi connectivity index (χ1n) is 6.75. The van der Waals surface area contributed by atoms with Gasteiger partial charge < -0.3 is 9.73 Å². The van der Waals surface area contributed by atoms with E-state index in [0.717, 1.165) is 6.20 Å². The first-order valence-corrected chi connectivity index (χ1v) is 6.75. The Morgan fingerprint density at radius 1 is 1.09 bits per heavy atom. The molecule has 0 aliphatic heterocycles. The van der Waals surface area contributed by atoms with Gasteiger partial charge >= 0.3 is 6.18 Å². The highest BCUT2D eigenvalue weighted by atomic mass is 19.4. The summed E-state index contributed by atoms with van der Waals surface area (Å²) in [5.41, 5.74) is 0.620. The zero-order valence-electron chi connectivity index (χ0n) is 12.1. The van der Waals surface area contributed by atoms with Crippen LogP contribution in [0.25, 0.3) is 11.5 Å². The zero-order valence-corrected chi connectivity index (χ0v) is 12.1. The van der Waals surface area contributed by atoms with E-state index in [9.17, 15) is 13.2 Å². The van der Waals surface area contributed by atoms with Crippen molar-refractivity contribution in [3.63, 3.8) is 0 Å². The molecule has 3 aromatic rings. The number of alkyl halides is 3. The molecule has 0 spiro atoms. The van der Waals surface area contributed by atoms with Crippen LogP contribution in [0.5, 0.6) is 0 Å². The Balaban J connectivity index is 2.06. The first-order chi connectivity index (χ1) is 10.9. The maximum atomic E-state index is 13.1. The topological polar surface area (TPSA) is 51.0 Å². The Morgan fingerprint density at radius 3 is 2.57 bits per heavy atom. The number of nitrogens with one attached hydrogen (secondary N) is 1. The largest absolute Gasteiger partial charge is 0.444 e. The number of halogens is 3. The van der Waals surface area contributed by atoms with Gasteiger partial charge in [0.1, 0.15) is 6.26 Å². The average Bonchev–Trinajstić information content (AvgIpc) is 3.00. The minimum Gasteiger partial charge on any atom is -0.444 e. The Bertz CT molecular complexity index is 814. The predicted octanol–water partition coefficient (Wildman–Crippen LogP) is 4.81. The summed E-state index contributed by atoms with van der Waals surface area (Å²) >= 11 is 0. The lowest BCUT2D eigenvalue weighted by atomic mass is 10.1. The Labute approximate surface area is 130 Å². The predicted molar refractivity (Wildman–Crippen MR) is 79.2 cm³/mol. The maximum Gasteiger partial charge on any atom is 0.419 e. The number of aromatic nitrogens is 2. The van der Waals surface area contributed by atoms with E-state index < -0.39 is 11.7 Å². The minimum atomic E-state index is -4.50. The molecule has 1 aromatic carbocycles. The second kappa shape index (κ2) is 5.75. The van der Waals surface area contributed by atoms with E-state index in [1.54, 1.807) is 31.2 Å². The van der Waals surface area contributed by atoms with Gasteiger partial charge in [-0.3, -0.25) is 4.98 Å². The minimum absolute atomic E-state index is 0.0657. The van der Waals surface area contributed by atoms with E-state index in [1.165, 1.54) is 18.5 Å². The summed E-state index contributed by atoms with van der Waals surface area (Å²) < 4.78 is 44.7. The fourth-order valence-electron chi connectivity index (χ4n) is 2.17.